The van der Waals surface area contributed by atoms with Gasteiger partial charge in [0.2, 0.25) is 0 Å². The molecule has 2 aromatic rings. The standard InChI is InChI=1S/C19H24N4O4/c1-26-10-3-5-21-16-12-15(13-20-14-16)18(24)22-6-8-23(9-7-22)19(25)17-4-2-11-27-17/h2,4,11-14,21H,3,5-10H2,1H3. The average Bonchev–Trinajstić information content (AvgIpc) is 3.25. The second kappa shape index (κ2) is 9.18. The number of rotatable bonds is 7. The van der Waals surface area contributed by atoms with Crippen molar-refractivity contribution in [2.45, 2.75) is 6.42 Å². The highest BCUT2D eigenvalue weighted by molar-refractivity contribution is 5.95. The van der Waals surface area contributed by atoms with Crippen LogP contribution in [0.25, 0.3) is 0 Å². The fourth-order valence-corrected chi connectivity index (χ4v) is 2.95. The molecule has 3 rings (SSSR count). The Morgan fingerprint density at radius 3 is 2.59 bits per heavy atom. The number of aromatic nitrogens is 1. The molecule has 8 nitrogen and oxygen atoms in total. The molecule has 0 spiro atoms. The Labute approximate surface area is 158 Å². The number of furan rings is 1. The first-order chi connectivity index (χ1) is 13.2. The third-order valence-corrected chi connectivity index (χ3v) is 4.43. The first-order valence-electron chi connectivity index (χ1n) is 8.99. The minimum absolute atomic E-state index is 0.0758. The molecule has 1 N–H and O–H groups in total. The minimum Gasteiger partial charge on any atom is -0.459 e. The molecule has 0 atom stereocenters. The van der Waals surface area contributed by atoms with Crippen LogP contribution in [0.2, 0.25) is 0 Å². The summed E-state index contributed by atoms with van der Waals surface area (Å²) in [4.78, 5) is 32.7. The van der Waals surface area contributed by atoms with E-state index in [0.29, 0.717) is 44.1 Å². The molecule has 1 aliphatic heterocycles. The molecule has 0 aliphatic carbocycles. The molecule has 0 bridgehead atoms. The molecule has 1 fully saturated rings. The molecule has 1 saturated heterocycles. The SMILES string of the molecule is COCCCNc1cncc(C(=O)N2CCN(C(=O)c3ccco3)CC2)c1. The lowest BCUT2D eigenvalue weighted by atomic mass is 10.2. The van der Waals surface area contributed by atoms with Gasteiger partial charge < -0.3 is 24.3 Å². The van der Waals surface area contributed by atoms with E-state index in [0.717, 1.165) is 18.7 Å². The van der Waals surface area contributed by atoms with Crippen LogP contribution in [0.4, 0.5) is 5.69 Å². The number of pyridine rings is 1. The van der Waals surface area contributed by atoms with Gasteiger partial charge in [-0.05, 0) is 24.6 Å². The number of piperazine rings is 1. The predicted octanol–water partition coefficient (Wildman–Crippen LogP) is 1.72. The van der Waals surface area contributed by atoms with Gasteiger partial charge in [0.1, 0.15) is 0 Å². The molecule has 0 radical (unpaired) electrons. The van der Waals surface area contributed by atoms with Crippen LogP contribution in [0.1, 0.15) is 27.3 Å². The summed E-state index contributed by atoms with van der Waals surface area (Å²) in [7, 11) is 1.67. The second-order valence-electron chi connectivity index (χ2n) is 6.30. The Balaban J connectivity index is 1.54. The molecule has 3 heterocycles. The number of hydrogen-bond donors (Lipinski definition) is 1. The lowest BCUT2D eigenvalue weighted by molar-refractivity contribution is 0.0518. The van der Waals surface area contributed by atoms with Crippen LogP contribution in [0, 0.1) is 0 Å². The normalized spacial score (nSPS) is 14.3. The van der Waals surface area contributed by atoms with Crippen molar-refractivity contribution in [3.63, 3.8) is 0 Å². The number of methoxy groups -OCH3 is 1. The Bertz CT molecular complexity index is 755. The summed E-state index contributed by atoms with van der Waals surface area (Å²) < 4.78 is 10.2. The number of anilines is 1. The third kappa shape index (κ3) is 4.85. The lowest BCUT2D eigenvalue weighted by Crippen LogP contribution is -2.50. The highest BCUT2D eigenvalue weighted by Gasteiger charge is 2.26. The number of carbonyl (C=O) groups excluding carboxylic acids is 2. The van der Waals surface area contributed by atoms with Gasteiger partial charge in [0, 0.05) is 58.8 Å². The van der Waals surface area contributed by atoms with Crippen LogP contribution in [0.15, 0.2) is 41.3 Å². The molecule has 0 aromatic carbocycles. The van der Waals surface area contributed by atoms with Crippen LogP contribution >= 0.6 is 0 Å². The smallest absolute Gasteiger partial charge is 0.289 e. The lowest BCUT2D eigenvalue weighted by Gasteiger charge is -2.34. The van der Waals surface area contributed by atoms with Gasteiger partial charge in [0.25, 0.3) is 11.8 Å². The van der Waals surface area contributed by atoms with E-state index < -0.39 is 0 Å². The molecule has 2 aromatic heterocycles. The highest BCUT2D eigenvalue weighted by Crippen LogP contribution is 2.14. The van der Waals surface area contributed by atoms with Crippen LogP contribution in [-0.4, -0.2) is 73.0 Å². The zero-order valence-corrected chi connectivity index (χ0v) is 15.4. The van der Waals surface area contributed by atoms with E-state index in [4.69, 9.17) is 9.15 Å². The number of carbonyl (C=O) groups is 2. The van der Waals surface area contributed by atoms with E-state index in [1.807, 2.05) is 6.07 Å². The first kappa shape index (κ1) is 18.9. The van der Waals surface area contributed by atoms with Gasteiger partial charge >= 0.3 is 0 Å². The zero-order valence-electron chi connectivity index (χ0n) is 15.4. The van der Waals surface area contributed by atoms with Crippen molar-refractivity contribution in [2.24, 2.45) is 0 Å². The molecule has 0 unspecified atom stereocenters. The number of nitrogens with one attached hydrogen (secondary N) is 1. The fourth-order valence-electron chi connectivity index (χ4n) is 2.95. The Morgan fingerprint density at radius 1 is 1.19 bits per heavy atom. The topological polar surface area (TPSA) is 87.9 Å². The van der Waals surface area contributed by atoms with E-state index in [-0.39, 0.29) is 11.8 Å². The first-order valence-corrected chi connectivity index (χ1v) is 8.99. The van der Waals surface area contributed by atoms with Crippen molar-refractivity contribution < 1.29 is 18.7 Å². The van der Waals surface area contributed by atoms with Gasteiger partial charge in [-0.25, -0.2) is 0 Å². The number of ether oxygens (including phenoxy) is 1. The zero-order chi connectivity index (χ0) is 19.1. The number of nitrogens with zero attached hydrogens (tertiary/aromatic N) is 3. The van der Waals surface area contributed by atoms with Crippen LogP contribution in [0.3, 0.4) is 0 Å². The maximum absolute atomic E-state index is 12.7. The molecule has 27 heavy (non-hydrogen) atoms. The molecule has 2 amide bonds. The molecule has 0 saturated carbocycles. The fraction of sp³-hybridized carbons (Fsp3) is 0.421. The van der Waals surface area contributed by atoms with Gasteiger partial charge in [-0.1, -0.05) is 0 Å². The van der Waals surface area contributed by atoms with E-state index in [2.05, 4.69) is 10.3 Å². The average molecular weight is 372 g/mol. The van der Waals surface area contributed by atoms with Gasteiger partial charge in [-0.15, -0.1) is 0 Å². The summed E-state index contributed by atoms with van der Waals surface area (Å²) in [5, 5.41) is 3.24. The molecular weight excluding hydrogens is 348 g/mol. The summed E-state index contributed by atoms with van der Waals surface area (Å²) in [5.74, 6) is 0.107. The van der Waals surface area contributed by atoms with Crippen molar-refractivity contribution in [3.05, 3.63) is 48.2 Å². The Hall–Kier alpha value is -2.87. The van der Waals surface area contributed by atoms with E-state index in [9.17, 15) is 9.59 Å². The predicted molar refractivity (Wildman–Crippen MR) is 99.7 cm³/mol. The molecule has 8 heteroatoms. The summed E-state index contributed by atoms with van der Waals surface area (Å²) in [6.45, 7) is 3.36. The minimum atomic E-state index is -0.143. The Kier molecular flexibility index (Phi) is 6.43. The summed E-state index contributed by atoms with van der Waals surface area (Å²) >= 11 is 0. The van der Waals surface area contributed by atoms with E-state index in [1.54, 1.807) is 41.4 Å². The molecule has 144 valence electrons. The monoisotopic (exact) mass is 372 g/mol. The van der Waals surface area contributed by atoms with Crippen molar-refractivity contribution in [1.82, 2.24) is 14.8 Å². The van der Waals surface area contributed by atoms with Crippen molar-refractivity contribution >= 4 is 17.5 Å². The summed E-state index contributed by atoms with van der Waals surface area (Å²) in [5.41, 5.74) is 1.35. The quantitative estimate of drug-likeness (QED) is 0.745. The van der Waals surface area contributed by atoms with Gasteiger partial charge in [-0.2, -0.15) is 0 Å². The number of hydrogen-bond acceptors (Lipinski definition) is 6. The highest BCUT2D eigenvalue weighted by atomic mass is 16.5. The van der Waals surface area contributed by atoms with Gasteiger partial charge in [0.05, 0.1) is 17.5 Å². The van der Waals surface area contributed by atoms with Gasteiger partial charge in [0.15, 0.2) is 5.76 Å². The molecular formula is C19H24N4O4. The van der Waals surface area contributed by atoms with Crippen LogP contribution in [0.5, 0.6) is 0 Å². The number of amides is 2. The third-order valence-electron chi connectivity index (χ3n) is 4.43. The van der Waals surface area contributed by atoms with Crippen molar-refractivity contribution in [2.75, 3.05) is 51.8 Å². The molecule has 1 aliphatic rings. The maximum Gasteiger partial charge on any atom is 0.289 e. The summed E-state index contributed by atoms with van der Waals surface area (Å²) in [6.07, 6.45) is 5.63. The largest absolute Gasteiger partial charge is 0.459 e. The maximum atomic E-state index is 12.7. The van der Waals surface area contributed by atoms with E-state index in [1.165, 1.54) is 6.26 Å². The Morgan fingerprint density at radius 2 is 1.93 bits per heavy atom. The van der Waals surface area contributed by atoms with Crippen LogP contribution in [-0.2, 0) is 4.74 Å². The van der Waals surface area contributed by atoms with E-state index >= 15 is 0 Å². The van der Waals surface area contributed by atoms with Crippen molar-refractivity contribution in [1.29, 1.82) is 0 Å². The van der Waals surface area contributed by atoms with Crippen LogP contribution < -0.4 is 5.32 Å². The summed E-state index contributed by atoms with van der Waals surface area (Å²) in [6, 6.07) is 5.15. The second-order valence-corrected chi connectivity index (χ2v) is 6.30. The van der Waals surface area contributed by atoms with Crippen molar-refractivity contribution in [3.8, 4) is 0 Å². The van der Waals surface area contributed by atoms with Gasteiger partial charge in [-0.3, -0.25) is 14.6 Å².